The number of nitrogens with two attached hydrogens (primary N) is 1. The van der Waals surface area contributed by atoms with E-state index in [-0.39, 0.29) is 23.0 Å². The van der Waals surface area contributed by atoms with Gasteiger partial charge in [-0.15, -0.1) is 0 Å². The number of hydrogen-bond donors (Lipinski definition) is 2. The van der Waals surface area contributed by atoms with Crippen LogP contribution in [0.15, 0.2) is 42.5 Å². The molecule has 0 radical (unpaired) electrons. The molecule has 30 heavy (non-hydrogen) atoms. The highest BCUT2D eigenvalue weighted by Gasteiger charge is 2.19. The van der Waals surface area contributed by atoms with E-state index < -0.39 is 24.1 Å². The van der Waals surface area contributed by atoms with E-state index in [1.165, 1.54) is 41.0 Å². The van der Waals surface area contributed by atoms with Crippen molar-refractivity contribution < 1.29 is 22.3 Å². The van der Waals surface area contributed by atoms with E-state index in [4.69, 9.17) is 5.73 Å². The maximum absolute atomic E-state index is 14.5. The predicted molar refractivity (Wildman–Crippen MR) is 102 cm³/mol. The van der Waals surface area contributed by atoms with Crippen LogP contribution < -0.4 is 15.8 Å². The fraction of sp³-hybridized carbons (Fsp3) is 0.105. The highest BCUT2D eigenvalue weighted by Crippen LogP contribution is 2.27. The van der Waals surface area contributed by atoms with Gasteiger partial charge in [-0.25, -0.2) is 9.37 Å². The summed E-state index contributed by atoms with van der Waals surface area (Å²) in [6.07, 6.45) is 0. The number of rotatable bonds is 5. The first-order valence-electron chi connectivity index (χ1n) is 8.62. The zero-order valence-electron chi connectivity index (χ0n) is 15.4. The molecule has 0 bridgehead atoms. The van der Waals surface area contributed by atoms with Gasteiger partial charge in [0.1, 0.15) is 17.1 Å². The van der Waals surface area contributed by atoms with Gasteiger partial charge >= 0.3 is 6.61 Å². The third kappa shape index (κ3) is 3.56. The molecule has 11 heteroatoms. The molecule has 0 fully saturated rings. The standard InChI is InChI=1S/C19H14F4N6O/c1-9-25-15-12(20)3-2-4-13(15)29(9)19-27-16(24)14(21)17(28-19)26-10-5-7-11(8-6-10)30-18(22)23/h2-8,18H,1H3,(H3,24,26,27,28). The molecule has 3 N–H and O–H groups in total. The number of halogens is 4. The van der Waals surface area contributed by atoms with Crippen molar-refractivity contribution in [3.63, 3.8) is 0 Å². The number of imidazole rings is 1. The second kappa shape index (κ2) is 7.50. The topological polar surface area (TPSA) is 90.9 Å². The van der Waals surface area contributed by atoms with Gasteiger partial charge in [-0.1, -0.05) is 6.07 Å². The van der Waals surface area contributed by atoms with Crippen molar-refractivity contribution in [2.75, 3.05) is 11.1 Å². The molecule has 0 aliphatic carbocycles. The molecule has 154 valence electrons. The minimum absolute atomic E-state index is 0.0142. The number of fused-ring (bicyclic) bond motifs is 1. The zero-order valence-corrected chi connectivity index (χ0v) is 15.4. The summed E-state index contributed by atoms with van der Waals surface area (Å²) >= 11 is 0. The molecule has 4 rings (SSSR count). The predicted octanol–water partition coefficient (Wildman–Crippen LogP) is 4.33. The molecule has 2 heterocycles. The maximum atomic E-state index is 14.5. The number of aromatic nitrogens is 4. The Morgan fingerprint density at radius 3 is 2.47 bits per heavy atom. The lowest BCUT2D eigenvalue weighted by Crippen LogP contribution is -2.10. The number of hydrogen-bond acceptors (Lipinski definition) is 6. The van der Waals surface area contributed by atoms with Gasteiger partial charge in [-0.2, -0.15) is 23.1 Å². The molecule has 0 atom stereocenters. The number of benzene rings is 2. The van der Waals surface area contributed by atoms with E-state index in [9.17, 15) is 17.6 Å². The highest BCUT2D eigenvalue weighted by molar-refractivity contribution is 5.78. The second-order valence-electron chi connectivity index (χ2n) is 6.20. The van der Waals surface area contributed by atoms with E-state index in [2.05, 4.69) is 25.0 Å². The number of nitrogens with one attached hydrogen (secondary N) is 1. The molecule has 7 nitrogen and oxygen atoms in total. The molecule has 0 spiro atoms. The van der Waals surface area contributed by atoms with Crippen LogP contribution in [0.3, 0.4) is 0 Å². The first kappa shape index (κ1) is 19.4. The largest absolute Gasteiger partial charge is 0.435 e. The van der Waals surface area contributed by atoms with Gasteiger partial charge in [0, 0.05) is 5.69 Å². The van der Waals surface area contributed by atoms with Crippen LogP contribution in [0.1, 0.15) is 5.82 Å². The summed E-state index contributed by atoms with van der Waals surface area (Å²) in [5.41, 5.74) is 6.56. The van der Waals surface area contributed by atoms with Crippen LogP contribution in [0.2, 0.25) is 0 Å². The fourth-order valence-electron chi connectivity index (χ4n) is 2.93. The van der Waals surface area contributed by atoms with Crippen LogP contribution in [-0.2, 0) is 0 Å². The molecule has 0 saturated carbocycles. The van der Waals surface area contributed by atoms with Crippen molar-refractivity contribution >= 4 is 28.4 Å². The van der Waals surface area contributed by atoms with Crippen molar-refractivity contribution in [2.24, 2.45) is 0 Å². The van der Waals surface area contributed by atoms with Crippen molar-refractivity contribution in [1.82, 2.24) is 19.5 Å². The van der Waals surface area contributed by atoms with Gasteiger partial charge in [0.05, 0.1) is 5.52 Å². The summed E-state index contributed by atoms with van der Waals surface area (Å²) in [6, 6.07) is 9.78. The summed E-state index contributed by atoms with van der Waals surface area (Å²) in [5.74, 6) is -1.80. The zero-order chi connectivity index (χ0) is 21.4. The van der Waals surface area contributed by atoms with E-state index in [0.29, 0.717) is 17.0 Å². The smallest absolute Gasteiger partial charge is 0.387 e. The lowest BCUT2D eigenvalue weighted by Gasteiger charge is -2.12. The lowest BCUT2D eigenvalue weighted by atomic mass is 10.3. The van der Waals surface area contributed by atoms with Gasteiger partial charge in [-0.3, -0.25) is 4.57 Å². The Bertz CT molecular complexity index is 1230. The summed E-state index contributed by atoms with van der Waals surface area (Å²) in [6.45, 7) is -1.33. The molecule has 2 aromatic heterocycles. The highest BCUT2D eigenvalue weighted by atomic mass is 19.3. The maximum Gasteiger partial charge on any atom is 0.387 e. The Labute approximate surface area is 167 Å². The third-order valence-electron chi connectivity index (χ3n) is 4.21. The van der Waals surface area contributed by atoms with E-state index in [0.717, 1.165) is 0 Å². The number of para-hydroxylation sites is 1. The molecule has 0 saturated heterocycles. The van der Waals surface area contributed by atoms with Crippen LogP contribution in [0.5, 0.6) is 5.75 Å². The monoisotopic (exact) mass is 418 g/mol. The molecule has 0 unspecified atom stereocenters. The molecular formula is C19H14F4N6O. The van der Waals surface area contributed by atoms with E-state index in [1.807, 2.05) is 0 Å². The van der Waals surface area contributed by atoms with Crippen LogP contribution in [0, 0.1) is 18.6 Å². The molecule has 0 aliphatic rings. The summed E-state index contributed by atoms with van der Waals surface area (Å²) < 4.78 is 58.8. The van der Waals surface area contributed by atoms with Gasteiger partial charge in [0.15, 0.2) is 17.5 Å². The Hall–Kier alpha value is -3.89. The van der Waals surface area contributed by atoms with Crippen molar-refractivity contribution in [3.8, 4) is 11.7 Å². The number of ether oxygens (including phenoxy) is 1. The average Bonchev–Trinajstić information content (AvgIpc) is 3.04. The van der Waals surface area contributed by atoms with Crippen molar-refractivity contribution in [1.29, 1.82) is 0 Å². The van der Waals surface area contributed by atoms with Gasteiger partial charge in [-0.05, 0) is 43.3 Å². The number of aryl methyl sites for hydroxylation is 1. The van der Waals surface area contributed by atoms with Gasteiger partial charge in [0.2, 0.25) is 11.8 Å². The molecule has 0 amide bonds. The fourth-order valence-corrected chi connectivity index (χ4v) is 2.93. The third-order valence-corrected chi connectivity index (χ3v) is 4.21. The van der Waals surface area contributed by atoms with Crippen LogP contribution >= 0.6 is 0 Å². The van der Waals surface area contributed by atoms with E-state index in [1.54, 1.807) is 13.0 Å². The Morgan fingerprint density at radius 2 is 1.77 bits per heavy atom. The Morgan fingerprint density at radius 1 is 1.03 bits per heavy atom. The number of alkyl halides is 2. The second-order valence-corrected chi connectivity index (χ2v) is 6.20. The Balaban J connectivity index is 1.74. The first-order valence-corrected chi connectivity index (χ1v) is 8.62. The number of nitrogens with zero attached hydrogens (tertiary/aromatic N) is 4. The molecule has 0 aliphatic heterocycles. The summed E-state index contributed by atoms with van der Waals surface area (Å²) in [4.78, 5) is 12.3. The number of nitrogen functional groups attached to an aromatic ring is 1. The van der Waals surface area contributed by atoms with Gasteiger partial charge < -0.3 is 15.8 Å². The van der Waals surface area contributed by atoms with Gasteiger partial charge in [0.25, 0.3) is 0 Å². The first-order chi connectivity index (χ1) is 14.3. The van der Waals surface area contributed by atoms with Crippen LogP contribution in [0.25, 0.3) is 17.0 Å². The minimum Gasteiger partial charge on any atom is -0.435 e. The SMILES string of the molecule is Cc1nc2c(F)cccc2n1-c1nc(N)c(F)c(Nc2ccc(OC(F)F)cc2)n1. The molecule has 4 aromatic rings. The quantitative estimate of drug-likeness (QED) is 0.469. The van der Waals surface area contributed by atoms with Crippen molar-refractivity contribution in [2.45, 2.75) is 13.5 Å². The Kier molecular flexibility index (Phi) is 4.86. The lowest BCUT2D eigenvalue weighted by molar-refractivity contribution is -0.0498. The van der Waals surface area contributed by atoms with Crippen LogP contribution in [-0.4, -0.2) is 26.1 Å². The number of anilines is 3. The average molecular weight is 418 g/mol. The molecule has 2 aromatic carbocycles. The summed E-state index contributed by atoms with van der Waals surface area (Å²) in [7, 11) is 0. The summed E-state index contributed by atoms with van der Waals surface area (Å²) in [5, 5.41) is 2.72. The molecular weight excluding hydrogens is 404 g/mol. The van der Waals surface area contributed by atoms with E-state index >= 15 is 0 Å². The van der Waals surface area contributed by atoms with Crippen LogP contribution in [0.4, 0.5) is 34.9 Å². The minimum atomic E-state index is -2.96. The normalized spacial score (nSPS) is 11.3. The van der Waals surface area contributed by atoms with Crippen molar-refractivity contribution in [3.05, 3.63) is 59.9 Å².